The molecule has 3 aromatic rings. The Morgan fingerprint density at radius 1 is 1.19 bits per heavy atom. The maximum absolute atomic E-state index is 13.7. The van der Waals surface area contributed by atoms with Gasteiger partial charge in [0, 0.05) is 25.8 Å². The number of rotatable bonds is 11. The Bertz CT molecular complexity index is 1210. The fourth-order valence-electron chi connectivity index (χ4n) is 4.41. The number of methoxy groups -OCH3 is 1. The molecule has 2 N–H and O–H groups in total. The van der Waals surface area contributed by atoms with E-state index < -0.39 is 17.5 Å². The molecule has 1 aliphatic rings. The first-order chi connectivity index (χ1) is 17.5. The second-order valence-corrected chi connectivity index (χ2v) is 8.89. The van der Waals surface area contributed by atoms with Crippen molar-refractivity contribution < 1.29 is 14.3 Å². The number of carbonyl (C=O) groups is 1. The van der Waals surface area contributed by atoms with Crippen molar-refractivity contribution >= 4 is 5.91 Å². The second-order valence-electron chi connectivity index (χ2n) is 8.89. The van der Waals surface area contributed by atoms with E-state index in [9.17, 15) is 9.59 Å². The Morgan fingerprint density at radius 2 is 1.97 bits per heavy atom. The molecular weight excluding hydrogens is 460 g/mol. The molecule has 1 amide bonds. The van der Waals surface area contributed by atoms with Crippen LogP contribution in [0.3, 0.4) is 0 Å². The van der Waals surface area contributed by atoms with Crippen LogP contribution in [0.1, 0.15) is 43.5 Å². The maximum atomic E-state index is 13.7. The molecule has 1 aromatic carbocycles. The molecule has 2 aromatic heterocycles. The van der Waals surface area contributed by atoms with Gasteiger partial charge in [-0.3, -0.25) is 9.69 Å². The highest BCUT2D eigenvalue weighted by Gasteiger charge is 2.29. The van der Waals surface area contributed by atoms with E-state index in [1.54, 1.807) is 30.5 Å². The molecule has 36 heavy (non-hydrogen) atoms. The van der Waals surface area contributed by atoms with Gasteiger partial charge in [0.15, 0.2) is 11.6 Å². The third kappa shape index (κ3) is 5.66. The molecule has 0 aliphatic carbocycles. The lowest BCUT2D eigenvalue weighted by atomic mass is 10.0. The predicted molar refractivity (Wildman–Crippen MR) is 136 cm³/mol. The number of benzene rings is 1. The van der Waals surface area contributed by atoms with E-state index in [1.807, 2.05) is 19.1 Å². The van der Waals surface area contributed by atoms with Gasteiger partial charge in [-0.1, -0.05) is 38.0 Å². The van der Waals surface area contributed by atoms with Gasteiger partial charge < -0.3 is 15.2 Å². The molecule has 10 heteroatoms. The number of nitrogens with zero attached hydrogens (tertiary/aromatic N) is 5. The molecule has 1 unspecified atom stereocenters. The lowest BCUT2D eigenvalue weighted by Gasteiger charge is -2.26. The maximum Gasteiger partial charge on any atom is 0.356 e. The molecular formula is C26H34N6O4. The highest BCUT2D eigenvalue weighted by molar-refractivity contribution is 5.81. The largest absolute Gasteiger partial charge is 0.495 e. The molecule has 4 rings (SSSR count). The van der Waals surface area contributed by atoms with Gasteiger partial charge in [-0.25, -0.2) is 14.3 Å². The molecule has 0 saturated carbocycles. The molecule has 10 nitrogen and oxygen atoms in total. The number of unbranched alkanes of at least 4 members (excludes halogenated alkanes) is 1. The molecule has 0 spiro atoms. The Kier molecular flexibility index (Phi) is 8.50. The van der Waals surface area contributed by atoms with E-state index in [0.29, 0.717) is 23.7 Å². The van der Waals surface area contributed by atoms with Crippen molar-refractivity contribution in [1.82, 2.24) is 24.2 Å². The van der Waals surface area contributed by atoms with Crippen molar-refractivity contribution in [3.8, 4) is 17.3 Å². The van der Waals surface area contributed by atoms with Crippen molar-refractivity contribution in [1.29, 1.82) is 0 Å². The van der Waals surface area contributed by atoms with Crippen LogP contribution in [-0.2, 0) is 16.0 Å². The summed E-state index contributed by atoms with van der Waals surface area (Å²) in [5.41, 5.74) is 6.90. The van der Waals surface area contributed by atoms with Crippen LogP contribution in [0.25, 0.3) is 11.5 Å². The number of morpholine rings is 1. The summed E-state index contributed by atoms with van der Waals surface area (Å²) in [6.45, 7) is 6.36. The summed E-state index contributed by atoms with van der Waals surface area (Å²) in [5.74, 6) is -0.0994. The zero-order valence-electron chi connectivity index (χ0n) is 20.9. The topological polar surface area (TPSA) is 118 Å². The highest BCUT2D eigenvalue weighted by Crippen LogP contribution is 2.27. The Labute approximate surface area is 210 Å². The molecule has 0 radical (unpaired) electrons. The Balaban J connectivity index is 1.70. The molecule has 192 valence electrons. The second kappa shape index (κ2) is 12.0. The van der Waals surface area contributed by atoms with Gasteiger partial charge in [-0.05, 0) is 36.6 Å². The summed E-state index contributed by atoms with van der Waals surface area (Å²) in [6.07, 6.45) is 4.77. The van der Waals surface area contributed by atoms with Crippen LogP contribution >= 0.6 is 0 Å². The summed E-state index contributed by atoms with van der Waals surface area (Å²) >= 11 is 0. The van der Waals surface area contributed by atoms with E-state index in [2.05, 4.69) is 15.0 Å². The van der Waals surface area contributed by atoms with Crippen LogP contribution in [0, 0.1) is 0 Å². The number of hydrogen-bond acceptors (Lipinski definition) is 7. The smallest absolute Gasteiger partial charge is 0.356 e. The number of primary amides is 1. The molecule has 1 saturated heterocycles. The van der Waals surface area contributed by atoms with Crippen LogP contribution in [0.15, 0.2) is 47.4 Å². The number of aromatic nitrogens is 4. The van der Waals surface area contributed by atoms with Gasteiger partial charge in [0.25, 0.3) is 0 Å². The fraction of sp³-hybridized carbons (Fsp3) is 0.462. The monoisotopic (exact) mass is 494 g/mol. The quantitative estimate of drug-likeness (QED) is 0.434. The summed E-state index contributed by atoms with van der Waals surface area (Å²) in [6, 6.07) is 10.9. The lowest BCUT2D eigenvalue weighted by Crippen LogP contribution is -2.37. The number of hydrogen-bond donors (Lipinski definition) is 1. The van der Waals surface area contributed by atoms with E-state index >= 15 is 0 Å². The first-order valence-electron chi connectivity index (χ1n) is 12.4. The first kappa shape index (κ1) is 25.6. The van der Waals surface area contributed by atoms with Crippen LogP contribution < -0.4 is 16.2 Å². The molecule has 1 aliphatic heterocycles. The zero-order valence-corrected chi connectivity index (χ0v) is 20.9. The summed E-state index contributed by atoms with van der Waals surface area (Å²) in [5, 5.41) is 4.58. The lowest BCUT2D eigenvalue weighted by molar-refractivity contribution is -0.119. The minimum atomic E-state index is -0.725. The van der Waals surface area contributed by atoms with Gasteiger partial charge in [0.2, 0.25) is 5.91 Å². The minimum absolute atomic E-state index is 0.281. The van der Waals surface area contributed by atoms with Gasteiger partial charge in [0.1, 0.15) is 5.75 Å². The Hall–Kier alpha value is -3.50. The van der Waals surface area contributed by atoms with E-state index in [4.69, 9.17) is 15.2 Å². The van der Waals surface area contributed by atoms with Crippen molar-refractivity contribution in [2.24, 2.45) is 5.73 Å². The summed E-state index contributed by atoms with van der Waals surface area (Å²) in [7, 11) is 1.54. The normalized spacial score (nSPS) is 15.1. The van der Waals surface area contributed by atoms with Gasteiger partial charge >= 0.3 is 5.69 Å². The van der Waals surface area contributed by atoms with Crippen LogP contribution in [-0.4, -0.2) is 70.1 Å². The molecule has 1 fully saturated rings. The minimum Gasteiger partial charge on any atom is -0.495 e. The average Bonchev–Trinajstić information content (AvgIpc) is 3.24. The van der Waals surface area contributed by atoms with E-state index in [1.165, 1.54) is 16.4 Å². The predicted octanol–water partition coefficient (Wildman–Crippen LogP) is 2.06. The highest BCUT2D eigenvalue weighted by atomic mass is 16.5. The number of ether oxygens (including phenoxy) is 2. The molecule has 1 atom stereocenters. The molecule has 3 heterocycles. The van der Waals surface area contributed by atoms with Crippen molar-refractivity contribution in [3.63, 3.8) is 0 Å². The SMILES string of the molecule is CCCCC(C(N)=O)c1nn(-c2ccc(CCN3CCOCC3)cn2)c(=O)n1-c1ccccc1OC. The third-order valence-electron chi connectivity index (χ3n) is 6.48. The van der Waals surface area contributed by atoms with E-state index in [-0.39, 0.29) is 5.82 Å². The van der Waals surface area contributed by atoms with E-state index in [0.717, 1.165) is 57.7 Å². The average molecular weight is 495 g/mol. The first-order valence-corrected chi connectivity index (χ1v) is 12.4. The number of para-hydroxylation sites is 2. The van der Waals surface area contributed by atoms with Gasteiger partial charge in [-0.2, -0.15) is 4.68 Å². The zero-order chi connectivity index (χ0) is 25.5. The van der Waals surface area contributed by atoms with Gasteiger partial charge in [-0.15, -0.1) is 5.10 Å². The van der Waals surface area contributed by atoms with Crippen LogP contribution in [0.5, 0.6) is 5.75 Å². The fourth-order valence-corrected chi connectivity index (χ4v) is 4.41. The third-order valence-corrected chi connectivity index (χ3v) is 6.48. The summed E-state index contributed by atoms with van der Waals surface area (Å²) in [4.78, 5) is 33.0. The van der Waals surface area contributed by atoms with Crippen molar-refractivity contribution in [2.75, 3.05) is 40.0 Å². The van der Waals surface area contributed by atoms with Crippen LogP contribution in [0.2, 0.25) is 0 Å². The number of amides is 1. The number of nitrogens with two attached hydrogens (primary N) is 1. The van der Waals surface area contributed by atoms with Crippen LogP contribution in [0.4, 0.5) is 0 Å². The number of pyridine rings is 1. The Morgan fingerprint density at radius 3 is 2.64 bits per heavy atom. The van der Waals surface area contributed by atoms with Gasteiger partial charge in [0.05, 0.1) is 31.9 Å². The standard InChI is InChI=1S/C26H34N6O4/c1-3-4-7-20(24(27)33)25-29-32(26(34)31(25)21-8-5-6-9-22(21)35-2)23-11-10-19(18-28-23)12-13-30-14-16-36-17-15-30/h5-6,8-11,18,20H,3-4,7,12-17H2,1-2H3,(H2,27,33). The summed E-state index contributed by atoms with van der Waals surface area (Å²) < 4.78 is 13.6. The van der Waals surface area contributed by atoms with Crippen molar-refractivity contribution in [2.45, 2.75) is 38.5 Å². The number of carbonyl (C=O) groups excluding carboxylic acids is 1. The van der Waals surface area contributed by atoms with Crippen molar-refractivity contribution in [3.05, 3.63) is 64.5 Å². The molecule has 0 bridgehead atoms.